The van der Waals surface area contributed by atoms with E-state index in [0.29, 0.717) is 56.8 Å². The van der Waals surface area contributed by atoms with Gasteiger partial charge in [-0.3, -0.25) is 14.4 Å². The van der Waals surface area contributed by atoms with E-state index >= 15 is 0 Å². The maximum atomic E-state index is 13.4. The van der Waals surface area contributed by atoms with Crippen LogP contribution in [0.15, 0.2) is 0 Å². The minimum Gasteiger partial charge on any atom is -0.465 e. The molecule has 0 aliphatic rings. The number of carbonyl (C=O) groups is 3. The van der Waals surface area contributed by atoms with E-state index in [1.807, 2.05) is 13.8 Å². The highest BCUT2D eigenvalue weighted by atomic mass is 16.5. The summed E-state index contributed by atoms with van der Waals surface area (Å²) in [5.41, 5.74) is 0. The van der Waals surface area contributed by atoms with Crippen LogP contribution in [0.4, 0.5) is 0 Å². The molecular weight excluding hydrogens is 516 g/mol. The Hall–Kier alpha value is -1.59. The summed E-state index contributed by atoms with van der Waals surface area (Å²) in [4.78, 5) is 39.5. The second-order valence-electron chi connectivity index (χ2n) is 12.3. The molecule has 0 aliphatic heterocycles. The van der Waals surface area contributed by atoms with Crippen molar-refractivity contribution in [1.82, 2.24) is 0 Å². The first-order valence-electron chi connectivity index (χ1n) is 17.2. The van der Waals surface area contributed by atoms with Gasteiger partial charge in [-0.05, 0) is 56.3 Å². The van der Waals surface area contributed by atoms with E-state index in [9.17, 15) is 14.4 Å². The molecule has 6 nitrogen and oxygen atoms in total. The van der Waals surface area contributed by atoms with E-state index in [2.05, 4.69) is 41.5 Å². The van der Waals surface area contributed by atoms with Gasteiger partial charge in [-0.1, -0.05) is 113 Å². The first-order chi connectivity index (χ1) is 19.7. The van der Waals surface area contributed by atoms with Gasteiger partial charge in [-0.2, -0.15) is 0 Å². The van der Waals surface area contributed by atoms with Gasteiger partial charge in [0.2, 0.25) is 0 Å². The van der Waals surface area contributed by atoms with E-state index in [-0.39, 0.29) is 17.9 Å². The monoisotopic (exact) mass is 582 g/mol. The Morgan fingerprint density at radius 2 is 0.854 bits per heavy atom. The molecule has 0 heterocycles. The number of carbonyl (C=O) groups excluding carboxylic acids is 3. The van der Waals surface area contributed by atoms with Crippen molar-refractivity contribution < 1.29 is 28.6 Å². The molecule has 6 atom stereocenters. The SMILES string of the molecule is CCCCC(CC)COC(=O)C(C)CC(CC(CC)C(=O)OCC(CC)CCCC)C(=O)OCC(CC)CCCC. The van der Waals surface area contributed by atoms with Crippen LogP contribution in [0.3, 0.4) is 0 Å². The normalized spacial score (nSPS) is 15.8. The van der Waals surface area contributed by atoms with Crippen molar-refractivity contribution in [1.29, 1.82) is 0 Å². The summed E-state index contributed by atoms with van der Waals surface area (Å²) in [6.45, 7) is 17.9. The Bertz CT molecular complexity index is 678. The van der Waals surface area contributed by atoms with Crippen LogP contribution in [0, 0.1) is 35.5 Å². The zero-order valence-electron chi connectivity index (χ0n) is 28.1. The molecule has 0 bridgehead atoms. The number of unbranched alkanes of at least 4 members (excludes halogenated alkanes) is 3. The topological polar surface area (TPSA) is 78.9 Å². The fraction of sp³-hybridized carbons (Fsp3) is 0.914. The van der Waals surface area contributed by atoms with Crippen LogP contribution in [0.2, 0.25) is 0 Å². The summed E-state index contributed by atoms with van der Waals surface area (Å²) in [5, 5.41) is 0. The zero-order valence-corrected chi connectivity index (χ0v) is 28.1. The van der Waals surface area contributed by atoms with Gasteiger partial charge in [0.05, 0.1) is 37.6 Å². The maximum Gasteiger partial charge on any atom is 0.308 e. The van der Waals surface area contributed by atoms with Crippen molar-refractivity contribution in [2.24, 2.45) is 35.5 Å². The second-order valence-corrected chi connectivity index (χ2v) is 12.3. The maximum absolute atomic E-state index is 13.4. The molecule has 41 heavy (non-hydrogen) atoms. The average Bonchev–Trinajstić information content (AvgIpc) is 2.98. The standard InChI is InChI=1S/C35H66O6/c1-9-16-19-28(12-4)24-39-33(36)27(8)22-32(35(38)41-26-30(14-6)21-18-11-3)23-31(15-7)34(37)40-25-29(13-5)20-17-10-2/h27-32H,9-26H2,1-8H3. The third kappa shape index (κ3) is 17.9. The Labute approximate surface area is 253 Å². The molecule has 0 radical (unpaired) electrons. The van der Waals surface area contributed by atoms with E-state index in [1.54, 1.807) is 0 Å². The fourth-order valence-electron chi connectivity index (χ4n) is 5.26. The Morgan fingerprint density at radius 3 is 1.20 bits per heavy atom. The third-order valence-electron chi connectivity index (χ3n) is 8.78. The van der Waals surface area contributed by atoms with Crippen molar-refractivity contribution in [3.05, 3.63) is 0 Å². The number of esters is 3. The number of hydrogen-bond donors (Lipinski definition) is 0. The van der Waals surface area contributed by atoms with E-state index in [4.69, 9.17) is 14.2 Å². The molecule has 242 valence electrons. The number of rotatable bonds is 26. The number of hydrogen-bond acceptors (Lipinski definition) is 6. The smallest absolute Gasteiger partial charge is 0.308 e. The molecule has 0 spiro atoms. The third-order valence-corrected chi connectivity index (χ3v) is 8.78. The molecule has 0 saturated heterocycles. The largest absolute Gasteiger partial charge is 0.465 e. The highest BCUT2D eigenvalue weighted by Crippen LogP contribution is 2.27. The van der Waals surface area contributed by atoms with E-state index in [1.165, 1.54) is 0 Å². The van der Waals surface area contributed by atoms with Gasteiger partial charge in [0.15, 0.2) is 0 Å². The van der Waals surface area contributed by atoms with Gasteiger partial charge in [0.1, 0.15) is 0 Å². The van der Waals surface area contributed by atoms with Crippen LogP contribution in [-0.4, -0.2) is 37.7 Å². The van der Waals surface area contributed by atoms with Crippen molar-refractivity contribution in [3.8, 4) is 0 Å². The van der Waals surface area contributed by atoms with Crippen molar-refractivity contribution >= 4 is 17.9 Å². The van der Waals surface area contributed by atoms with Crippen LogP contribution in [-0.2, 0) is 28.6 Å². The molecule has 0 fully saturated rings. The molecular formula is C35H66O6. The highest BCUT2D eigenvalue weighted by molar-refractivity contribution is 5.77. The van der Waals surface area contributed by atoms with Gasteiger partial charge in [-0.25, -0.2) is 0 Å². The lowest BCUT2D eigenvalue weighted by Crippen LogP contribution is -2.30. The predicted octanol–water partition coefficient (Wildman–Crippen LogP) is 9.32. The molecule has 6 unspecified atom stereocenters. The lowest BCUT2D eigenvalue weighted by molar-refractivity contribution is -0.156. The summed E-state index contributed by atoms with van der Waals surface area (Å²) in [7, 11) is 0. The summed E-state index contributed by atoms with van der Waals surface area (Å²) in [6, 6.07) is 0. The highest BCUT2D eigenvalue weighted by Gasteiger charge is 2.32. The summed E-state index contributed by atoms with van der Waals surface area (Å²) < 4.78 is 17.3. The molecule has 0 saturated carbocycles. The Balaban J connectivity index is 5.44. The molecule has 0 N–H and O–H groups in total. The van der Waals surface area contributed by atoms with Gasteiger partial charge in [0, 0.05) is 0 Å². The number of ether oxygens (including phenoxy) is 3. The van der Waals surface area contributed by atoms with Gasteiger partial charge in [-0.15, -0.1) is 0 Å². The summed E-state index contributed by atoms with van der Waals surface area (Å²) in [5.74, 6) is -1.18. The summed E-state index contributed by atoms with van der Waals surface area (Å²) in [6.07, 6.45) is 14.0. The second kappa shape index (κ2) is 25.0. The Morgan fingerprint density at radius 1 is 0.488 bits per heavy atom. The van der Waals surface area contributed by atoms with Crippen molar-refractivity contribution in [2.45, 2.75) is 152 Å². The molecule has 0 amide bonds. The first-order valence-corrected chi connectivity index (χ1v) is 17.2. The zero-order chi connectivity index (χ0) is 31.0. The predicted molar refractivity (Wildman–Crippen MR) is 168 cm³/mol. The molecule has 6 heteroatoms. The van der Waals surface area contributed by atoms with E-state index < -0.39 is 17.8 Å². The summed E-state index contributed by atoms with van der Waals surface area (Å²) >= 11 is 0. The van der Waals surface area contributed by atoms with Gasteiger partial charge >= 0.3 is 17.9 Å². The van der Waals surface area contributed by atoms with Crippen LogP contribution in [0.25, 0.3) is 0 Å². The molecule has 0 aromatic carbocycles. The average molecular weight is 583 g/mol. The minimum absolute atomic E-state index is 0.244. The van der Waals surface area contributed by atoms with Gasteiger partial charge < -0.3 is 14.2 Å². The lowest BCUT2D eigenvalue weighted by atomic mass is 9.86. The van der Waals surface area contributed by atoms with E-state index in [0.717, 1.165) is 77.0 Å². The lowest BCUT2D eigenvalue weighted by Gasteiger charge is -2.25. The van der Waals surface area contributed by atoms with Crippen LogP contribution >= 0.6 is 0 Å². The quantitative estimate of drug-likeness (QED) is 0.0747. The molecule has 0 aromatic heterocycles. The van der Waals surface area contributed by atoms with Crippen molar-refractivity contribution in [2.75, 3.05) is 19.8 Å². The Kier molecular flexibility index (Phi) is 24.0. The van der Waals surface area contributed by atoms with Crippen LogP contribution < -0.4 is 0 Å². The molecule has 0 aromatic rings. The molecule has 0 aliphatic carbocycles. The van der Waals surface area contributed by atoms with Crippen LogP contribution in [0.1, 0.15) is 152 Å². The van der Waals surface area contributed by atoms with Crippen LogP contribution in [0.5, 0.6) is 0 Å². The van der Waals surface area contributed by atoms with Gasteiger partial charge in [0.25, 0.3) is 0 Å². The molecule has 0 rings (SSSR count). The minimum atomic E-state index is -0.553. The fourth-order valence-corrected chi connectivity index (χ4v) is 5.26. The van der Waals surface area contributed by atoms with Crippen molar-refractivity contribution in [3.63, 3.8) is 0 Å². The first kappa shape index (κ1) is 39.4.